The zero-order valence-electron chi connectivity index (χ0n) is 13.3. The van der Waals surface area contributed by atoms with Crippen molar-refractivity contribution in [2.75, 3.05) is 18.4 Å². The van der Waals surface area contributed by atoms with Crippen molar-refractivity contribution >= 4 is 11.6 Å². The van der Waals surface area contributed by atoms with Crippen LogP contribution in [0.5, 0.6) is 0 Å². The molecule has 0 aliphatic carbocycles. The van der Waals surface area contributed by atoms with E-state index in [2.05, 4.69) is 31.4 Å². The molecule has 1 rings (SSSR count). The van der Waals surface area contributed by atoms with E-state index in [0.29, 0.717) is 0 Å². The van der Waals surface area contributed by atoms with Gasteiger partial charge in [-0.15, -0.1) is 0 Å². The SMILES string of the molecule is CCNc1ccc(C(=O)NCCCCC(C)C)c(C)c1. The molecule has 0 saturated heterocycles. The molecule has 1 aromatic rings. The molecule has 0 atom stereocenters. The molecule has 0 spiro atoms. The third-order valence-corrected chi connectivity index (χ3v) is 3.35. The lowest BCUT2D eigenvalue weighted by molar-refractivity contribution is 0.0952. The standard InChI is InChI=1S/C17H28N2O/c1-5-18-15-9-10-16(14(4)12-15)17(20)19-11-7-6-8-13(2)3/h9-10,12-13,18H,5-8,11H2,1-4H3,(H,19,20). The third-order valence-electron chi connectivity index (χ3n) is 3.35. The summed E-state index contributed by atoms with van der Waals surface area (Å²) in [6.45, 7) is 10.2. The number of unbranched alkanes of at least 4 members (excludes halogenated alkanes) is 1. The first-order valence-electron chi connectivity index (χ1n) is 7.67. The molecule has 0 radical (unpaired) electrons. The minimum atomic E-state index is 0.0371. The Bertz CT molecular complexity index is 427. The number of benzene rings is 1. The Labute approximate surface area is 123 Å². The molecule has 0 aliphatic rings. The van der Waals surface area contributed by atoms with Crippen LogP contribution in [0.4, 0.5) is 5.69 Å². The van der Waals surface area contributed by atoms with Gasteiger partial charge in [-0.3, -0.25) is 4.79 Å². The zero-order chi connectivity index (χ0) is 15.0. The van der Waals surface area contributed by atoms with E-state index < -0.39 is 0 Å². The molecule has 0 saturated carbocycles. The van der Waals surface area contributed by atoms with Crippen molar-refractivity contribution in [2.24, 2.45) is 5.92 Å². The number of hydrogen-bond donors (Lipinski definition) is 2. The van der Waals surface area contributed by atoms with Crippen LogP contribution in [-0.2, 0) is 0 Å². The first-order chi connectivity index (χ1) is 9.54. The number of amides is 1. The third kappa shape index (κ3) is 5.64. The summed E-state index contributed by atoms with van der Waals surface area (Å²) >= 11 is 0. The van der Waals surface area contributed by atoms with Crippen LogP contribution in [0, 0.1) is 12.8 Å². The number of anilines is 1. The smallest absolute Gasteiger partial charge is 0.251 e. The summed E-state index contributed by atoms with van der Waals surface area (Å²) in [5, 5.41) is 6.26. The van der Waals surface area contributed by atoms with Gasteiger partial charge in [-0.2, -0.15) is 0 Å². The molecular weight excluding hydrogens is 248 g/mol. The fourth-order valence-corrected chi connectivity index (χ4v) is 2.21. The highest BCUT2D eigenvalue weighted by Crippen LogP contribution is 2.15. The highest BCUT2D eigenvalue weighted by Gasteiger charge is 2.08. The van der Waals surface area contributed by atoms with E-state index >= 15 is 0 Å². The van der Waals surface area contributed by atoms with Gasteiger partial charge in [0, 0.05) is 24.3 Å². The summed E-state index contributed by atoms with van der Waals surface area (Å²) in [5.74, 6) is 0.779. The van der Waals surface area contributed by atoms with E-state index in [-0.39, 0.29) is 5.91 Å². The van der Waals surface area contributed by atoms with Gasteiger partial charge in [0.15, 0.2) is 0 Å². The number of rotatable bonds is 8. The predicted octanol–water partition coefficient (Wildman–Crippen LogP) is 3.98. The summed E-state index contributed by atoms with van der Waals surface area (Å²) in [7, 11) is 0. The van der Waals surface area contributed by atoms with Gasteiger partial charge < -0.3 is 10.6 Å². The maximum atomic E-state index is 12.1. The van der Waals surface area contributed by atoms with Crippen molar-refractivity contribution in [2.45, 2.75) is 47.0 Å². The largest absolute Gasteiger partial charge is 0.385 e. The quantitative estimate of drug-likeness (QED) is 0.705. The fourth-order valence-electron chi connectivity index (χ4n) is 2.21. The van der Waals surface area contributed by atoms with Gasteiger partial charge >= 0.3 is 0 Å². The fraction of sp³-hybridized carbons (Fsp3) is 0.588. The van der Waals surface area contributed by atoms with Gasteiger partial charge in [-0.05, 0) is 49.9 Å². The van der Waals surface area contributed by atoms with Crippen molar-refractivity contribution in [1.82, 2.24) is 5.32 Å². The second-order valence-electron chi connectivity index (χ2n) is 5.71. The summed E-state index contributed by atoms with van der Waals surface area (Å²) in [6.07, 6.45) is 3.46. The number of carbonyl (C=O) groups is 1. The van der Waals surface area contributed by atoms with Gasteiger partial charge in [-0.25, -0.2) is 0 Å². The van der Waals surface area contributed by atoms with Crippen molar-refractivity contribution in [1.29, 1.82) is 0 Å². The minimum absolute atomic E-state index is 0.0371. The highest BCUT2D eigenvalue weighted by atomic mass is 16.1. The van der Waals surface area contributed by atoms with E-state index in [9.17, 15) is 4.79 Å². The summed E-state index contributed by atoms with van der Waals surface area (Å²) < 4.78 is 0. The van der Waals surface area contributed by atoms with Crippen LogP contribution in [-0.4, -0.2) is 19.0 Å². The molecule has 0 aromatic heterocycles. The molecule has 1 amide bonds. The molecular formula is C17H28N2O. The van der Waals surface area contributed by atoms with Crippen LogP contribution < -0.4 is 10.6 Å². The first kappa shape index (κ1) is 16.5. The Morgan fingerprint density at radius 2 is 2.00 bits per heavy atom. The lowest BCUT2D eigenvalue weighted by atomic mass is 10.1. The lowest BCUT2D eigenvalue weighted by Crippen LogP contribution is -2.25. The van der Waals surface area contributed by atoms with Crippen molar-refractivity contribution < 1.29 is 4.79 Å². The topological polar surface area (TPSA) is 41.1 Å². The molecule has 3 heteroatoms. The molecule has 0 aliphatic heterocycles. The average molecular weight is 276 g/mol. The zero-order valence-corrected chi connectivity index (χ0v) is 13.3. The van der Waals surface area contributed by atoms with Gasteiger partial charge in [0.1, 0.15) is 0 Å². The van der Waals surface area contributed by atoms with E-state index in [1.807, 2.05) is 25.1 Å². The Morgan fingerprint density at radius 1 is 1.25 bits per heavy atom. The number of aryl methyl sites for hydroxylation is 1. The number of carbonyl (C=O) groups excluding carboxylic acids is 1. The van der Waals surface area contributed by atoms with Crippen molar-refractivity contribution in [3.05, 3.63) is 29.3 Å². The Morgan fingerprint density at radius 3 is 2.60 bits per heavy atom. The van der Waals surface area contributed by atoms with Gasteiger partial charge in [0.05, 0.1) is 0 Å². The Balaban J connectivity index is 2.43. The Kier molecular flexibility index (Phi) is 7.13. The molecule has 0 bridgehead atoms. The molecule has 2 N–H and O–H groups in total. The van der Waals surface area contributed by atoms with E-state index in [0.717, 1.165) is 42.2 Å². The monoisotopic (exact) mass is 276 g/mol. The predicted molar refractivity (Wildman–Crippen MR) is 86.4 cm³/mol. The normalized spacial score (nSPS) is 10.7. The summed E-state index contributed by atoms with van der Waals surface area (Å²) in [6, 6.07) is 5.89. The van der Waals surface area contributed by atoms with E-state index in [4.69, 9.17) is 0 Å². The maximum Gasteiger partial charge on any atom is 0.251 e. The van der Waals surface area contributed by atoms with E-state index in [1.165, 1.54) is 12.8 Å². The van der Waals surface area contributed by atoms with Gasteiger partial charge in [0.25, 0.3) is 5.91 Å². The molecule has 0 heterocycles. The molecule has 0 fully saturated rings. The minimum Gasteiger partial charge on any atom is -0.385 e. The highest BCUT2D eigenvalue weighted by molar-refractivity contribution is 5.96. The molecule has 3 nitrogen and oxygen atoms in total. The molecule has 0 unspecified atom stereocenters. The van der Waals surface area contributed by atoms with Crippen molar-refractivity contribution in [3.63, 3.8) is 0 Å². The number of nitrogens with one attached hydrogen (secondary N) is 2. The van der Waals surface area contributed by atoms with Gasteiger partial charge in [-0.1, -0.05) is 26.7 Å². The second kappa shape index (κ2) is 8.62. The number of hydrogen-bond acceptors (Lipinski definition) is 2. The van der Waals surface area contributed by atoms with E-state index in [1.54, 1.807) is 0 Å². The summed E-state index contributed by atoms with van der Waals surface area (Å²) in [4.78, 5) is 12.1. The molecule has 1 aromatic carbocycles. The first-order valence-corrected chi connectivity index (χ1v) is 7.67. The maximum absolute atomic E-state index is 12.1. The van der Waals surface area contributed by atoms with Crippen LogP contribution in [0.25, 0.3) is 0 Å². The lowest BCUT2D eigenvalue weighted by Gasteiger charge is -2.10. The second-order valence-corrected chi connectivity index (χ2v) is 5.71. The summed E-state index contributed by atoms with van der Waals surface area (Å²) in [5.41, 5.74) is 2.86. The van der Waals surface area contributed by atoms with Crippen LogP contribution in [0.3, 0.4) is 0 Å². The van der Waals surface area contributed by atoms with Crippen molar-refractivity contribution in [3.8, 4) is 0 Å². The van der Waals surface area contributed by atoms with Crippen LogP contribution in [0.2, 0.25) is 0 Å². The van der Waals surface area contributed by atoms with Gasteiger partial charge in [0.2, 0.25) is 0 Å². The Hall–Kier alpha value is -1.51. The average Bonchev–Trinajstić information content (AvgIpc) is 2.38. The van der Waals surface area contributed by atoms with Crippen LogP contribution >= 0.6 is 0 Å². The van der Waals surface area contributed by atoms with Crippen LogP contribution in [0.1, 0.15) is 56.0 Å². The molecule has 112 valence electrons. The van der Waals surface area contributed by atoms with Crippen LogP contribution in [0.15, 0.2) is 18.2 Å². The molecule has 20 heavy (non-hydrogen) atoms.